The van der Waals surface area contributed by atoms with Gasteiger partial charge in [0.05, 0.1) is 12.0 Å². The maximum atomic E-state index is 11.9. The summed E-state index contributed by atoms with van der Waals surface area (Å²) >= 11 is 0. The highest BCUT2D eigenvalue weighted by Crippen LogP contribution is 2.42. The molecule has 0 aliphatic carbocycles. The number of fused-ring (bicyclic) bond motifs is 1. The van der Waals surface area contributed by atoms with Gasteiger partial charge in [-0.05, 0) is 18.4 Å². The van der Waals surface area contributed by atoms with Crippen LogP contribution in [0.1, 0.15) is 45.1 Å². The molecule has 3 heteroatoms. The van der Waals surface area contributed by atoms with Gasteiger partial charge in [0, 0.05) is 12.0 Å². The number of carboxylic acids is 1. The zero-order chi connectivity index (χ0) is 13.9. The summed E-state index contributed by atoms with van der Waals surface area (Å²) in [6.07, 6.45) is 3.27. The number of hydrogen-bond acceptors (Lipinski definition) is 2. The molecule has 1 aliphatic rings. The minimum absolute atomic E-state index is 0.491. The van der Waals surface area contributed by atoms with Crippen molar-refractivity contribution in [3.8, 4) is 5.75 Å². The summed E-state index contributed by atoms with van der Waals surface area (Å²) in [5.74, 6) is 0.633. The normalized spacial score (nSPS) is 21.8. The first-order valence-corrected chi connectivity index (χ1v) is 7.02. The van der Waals surface area contributed by atoms with Gasteiger partial charge in [0.2, 0.25) is 0 Å². The second kappa shape index (κ2) is 5.64. The molecule has 0 fully saturated rings. The Bertz CT molecular complexity index is 453. The molecule has 1 aromatic carbocycles. The standard InChI is InChI=1S/C16H22O3/c1-12(2)6-5-9-16(15(17)18)10-11-19-14-8-4-3-7-13(14)16/h3-4,7-8,12H,5-6,9-11H2,1-2H3,(H,17,18). The maximum absolute atomic E-state index is 11.9. The highest BCUT2D eigenvalue weighted by Gasteiger charge is 2.43. The molecule has 0 saturated carbocycles. The van der Waals surface area contributed by atoms with Crippen molar-refractivity contribution in [2.24, 2.45) is 5.92 Å². The molecule has 0 bridgehead atoms. The van der Waals surface area contributed by atoms with Crippen molar-refractivity contribution in [2.45, 2.75) is 44.9 Å². The van der Waals surface area contributed by atoms with Gasteiger partial charge in [-0.25, -0.2) is 0 Å². The van der Waals surface area contributed by atoms with Crippen molar-refractivity contribution in [3.63, 3.8) is 0 Å². The van der Waals surface area contributed by atoms with Crippen LogP contribution in [0.2, 0.25) is 0 Å². The largest absolute Gasteiger partial charge is 0.493 e. The summed E-state index contributed by atoms with van der Waals surface area (Å²) in [5.41, 5.74) is 0.0847. The van der Waals surface area contributed by atoms with Crippen LogP contribution in [0.15, 0.2) is 24.3 Å². The molecule has 1 aliphatic heterocycles. The topological polar surface area (TPSA) is 46.5 Å². The average molecular weight is 262 g/mol. The zero-order valence-electron chi connectivity index (χ0n) is 11.7. The number of carboxylic acid groups (broad SMARTS) is 1. The van der Waals surface area contributed by atoms with E-state index in [2.05, 4.69) is 13.8 Å². The monoisotopic (exact) mass is 262 g/mol. The van der Waals surface area contributed by atoms with Gasteiger partial charge in [-0.15, -0.1) is 0 Å². The van der Waals surface area contributed by atoms with Crippen LogP contribution in [0.25, 0.3) is 0 Å². The molecular formula is C16H22O3. The second-order valence-electron chi connectivity index (χ2n) is 5.77. The summed E-state index contributed by atoms with van der Waals surface area (Å²) in [6.45, 7) is 4.84. The first-order chi connectivity index (χ1) is 9.06. The lowest BCUT2D eigenvalue weighted by Gasteiger charge is -2.35. The number of aliphatic carboxylic acids is 1. The quantitative estimate of drug-likeness (QED) is 0.881. The van der Waals surface area contributed by atoms with Crippen molar-refractivity contribution in [2.75, 3.05) is 6.61 Å². The SMILES string of the molecule is CC(C)CCCC1(C(=O)O)CCOc2ccccc21. The zero-order valence-corrected chi connectivity index (χ0v) is 11.7. The van der Waals surface area contributed by atoms with Gasteiger partial charge in [-0.2, -0.15) is 0 Å². The van der Waals surface area contributed by atoms with E-state index in [0.717, 1.165) is 24.2 Å². The van der Waals surface area contributed by atoms with Gasteiger partial charge in [0.1, 0.15) is 5.75 Å². The van der Waals surface area contributed by atoms with Crippen molar-refractivity contribution in [3.05, 3.63) is 29.8 Å². The molecule has 104 valence electrons. The fourth-order valence-electron chi connectivity index (χ4n) is 2.86. The second-order valence-corrected chi connectivity index (χ2v) is 5.77. The van der Waals surface area contributed by atoms with Crippen LogP contribution >= 0.6 is 0 Å². The molecule has 1 N–H and O–H groups in total. The third-order valence-corrected chi connectivity index (χ3v) is 3.98. The maximum Gasteiger partial charge on any atom is 0.314 e. The molecule has 1 atom stereocenters. The van der Waals surface area contributed by atoms with Crippen molar-refractivity contribution >= 4 is 5.97 Å². The van der Waals surface area contributed by atoms with Crippen LogP contribution in [0.5, 0.6) is 5.75 Å². The van der Waals surface area contributed by atoms with E-state index < -0.39 is 11.4 Å². The lowest BCUT2D eigenvalue weighted by atomic mass is 9.72. The molecule has 0 amide bonds. The van der Waals surface area contributed by atoms with Gasteiger partial charge in [-0.1, -0.05) is 44.9 Å². The third-order valence-electron chi connectivity index (χ3n) is 3.98. The smallest absolute Gasteiger partial charge is 0.314 e. The molecule has 0 aromatic heterocycles. The molecule has 0 saturated heterocycles. The van der Waals surface area contributed by atoms with Crippen LogP contribution in [-0.2, 0) is 10.2 Å². The van der Waals surface area contributed by atoms with E-state index in [9.17, 15) is 9.90 Å². The number of hydrogen-bond donors (Lipinski definition) is 1. The van der Waals surface area contributed by atoms with E-state index in [1.165, 1.54) is 0 Å². The summed E-state index contributed by atoms with van der Waals surface area (Å²) < 4.78 is 5.59. The Hall–Kier alpha value is -1.51. The predicted octanol–water partition coefficient (Wildman–Crippen LogP) is 3.62. The van der Waals surface area contributed by atoms with E-state index in [1.54, 1.807) is 0 Å². The number of ether oxygens (including phenoxy) is 1. The number of rotatable bonds is 5. The Morgan fingerprint density at radius 3 is 2.84 bits per heavy atom. The number of carbonyl (C=O) groups is 1. The molecule has 0 radical (unpaired) electrons. The Labute approximate surface area is 114 Å². The number of para-hydroxylation sites is 1. The van der Waals surface area contributed by atoms with E-state index >= 15 is 0 Å². The predicted molar refractivity (Wildman–Crippen MR) is 74.6 cm³/mol. The van der Waals surface area contributed by atoms with Crippen molar-refractivity contribution in [1.29, 1.82) is 0 Å². The Balaban J connectivity index is 2.28. The van der Waals surface area contributed by atoms with E-state index in [1.807, 2.05) is 24.3 Å². The molecule has 1 heterocycles. The lowest BCUT2D eigenvalue weighted by molar-refractivity contribution is -0.145. The number of benzene rings is 1. The molecule has 19 heavy (non-hydrogen) atoms. The average Bonchev–Trinajstić information content (AvgIpc) is 2.38. The van der Waals surface area contributed by atoms with Crippen LogP contribution in [0.4, 0.5) is 0 Å². The minimum Gasteiger partial charge on any atom is -0.493 e. The molecular weight excluding hydrogens is 240 g/mol. The van der Waals surface area contributed by atoms with E-state index in [-0.39, 0.29) is 0 Å². The Kier molecular flexibility index (Phi) is 4.13. The van der Waals surface area contributed by atoms with Gasteiger partial charge >= 0.3 is 5.97 Å². The highest BCUT2D eigenvalue weighted by molar-refractivity contribution is 5.83. The summed E-state index contributed by atoms with van der Waals surface area (Å²) in [7, 11) is 0. The first-order valence-electron chi connectivity index (χ1n) is 7.02. The summed E-state index contributed by atoms with van der Waals surface area (Å²) in [6, 6.07) is 7.56. The van der Waals surface area contributed by atoms with Crippen molar-refractivity contribution < 1.29 is 14.6 Å². The van der Waals surface area contributed by atoms with E-state index in [4.69, 9.17) is 4.74 Å². The minimum atomic E-state index is -0.760. The third kappa shape index (κ3) is 2.75. The summed E-state index contributed by atoms with van der Waals surface area (Å²) in [5, 5.41) is 9.75. The van der Waals surface area contributed by atoms with Gasteiger partial charge < -0.3 is 9.84 Å². The van der Waals surface area contributed by atoms with Crippen LogP contribution in [0, 0.1) is 5.92 Å². The molecule has 1 aromatic rings. The molecule has 1 unspecified atom stereocenters. The van der Waals surface area contributed by atoms with Crippen LogP contribution in [-0.4, -0.2) is 17.7 Å². The molecule has 0 spiro atoms. The summed E-state index contributed by atoms with van der Waals surface area (Å²) in [4.78, 5) is 11.9. The fourth-order valence-corrected chi connectivity index (χ4v) is 2.86. The van der Waals surface area contributed by atoms with Crippen molar-refractivity contribution in [1.82, 2.24) is 0 Å². The Morgan fingerprint density at radius 2 is 2.16 bits per heavy atom. The fraction of sp³-hybridized carbons (Fsp3) is 0.562. The molecule has 3 nitrogen and oxygen atoms in total. The Morgan fingerprint density at radius 1 is 1.42 bits per heavy atom. The van der Waals surface area contributed by atoms with E-state index in [0.29, 0.717) is 25.4 Å². The van der Waals surface area contributed by atoms with Gasteiger partial charge in [0.25, 0.3) is 0 Å². The lowest BCUT2D eigenvalue weighted by Crippen LogP contribution is -2.40. The van der Waals surface area contributed by atoms with Crippen LogP contribution < -0.4 is 4.74 Å². The first kappa shape index (κ1) is 13.9. The highest BCUT2D eigenvalue weighted by atomic mass is 16.5. The van der Waals surface area contributed by atoms with Crippen LogP contribution in [0.3, 0.4) is 0 Å². The molecule has 2 rings (SSSR count). The van der Waals surface area contributed by atoms with Gasteiger partial charge in [-0.3, -0.25) is 4.79 Å². The van der Waals surface area contributed by atoms with Gasteiger partial charge in [0.15, 0.2) is 0 Å².